The normalized spacial score (nSPS) is 13.4. The number of carbonyl (C=O) groups is 1. The van der Waals surface area contributed by atoms with Crippen LogP contribution in [0.1, 0.15) is 30.9 Å². The molecule has 1 aromatic heterocycles. The van der Waals surface area contributed by atoms with Gasteiger partial charge in [0.1, 0.15) is 0 Å². The van der Waals surface area contributed by atoms with Crippen molar-refractivity contribution in [3.63, 3.8) is 0 Å². The van der Waals surface area contributed by atoms with Crippen LogP contribution < -0.4 is 5.32 Å². The van der Waals surface area contributed by atoms with Crippen molar-refractivity contribution in [1.82, 2.24) is 20.0 Å². The van der Waals surface area contributed by atoms with Gasteiger partial charge in [0, 0.05) is 49.4 Å². The second-order valence-electron chi connectivity index (χ2n) is 5.87. The summed E-state index contributed by atoms with van der Waals surface area (Å²) in [7, 11) is 3.67. The molecular formula is C17H23ClN4O. The summed E-state index contributed by atoms with van der Waals surface area (Å²) in [4.78, 5) is 14.1. The summed E-state index contributed by atoms with van der Waals surface area (Å²) in [5, 5.41) is 7.73. The first-order chi connectivity index (χ1) is 10.9. The van der Waals surface area contributed by atoms with Gasteiger partial charge < -0.3 is 10.2 Å². The zero-order valence-corrected chi connectivity index (χ0v) is 14.7. The van der Waals surface area contributed by atoms with Crippen molar-refractivity contribution in [2.75, 3.05) is 7.05 Å². The van der Waals surface area contributed by atoms with Crippen molar-refractivity contribution in [2.24, 2.45) is 7.05 Å². The molecule has 23 heavy (non-hydrogen) atoms. The van der Waals surface area contributed by atoms with Gasteiger partial charge in [0.15, 0.2) is 0 Å². The first-order valence-corrected chi connectivity index (χ1v) is 8.00. The number of urea groups is 1. The lowest BCUT2D eigenvalue weighted by molar-refractivity contribution is 0.187. The quantitative estimate of drug-likeness (QED) is 0.911. The third kappa shape index (κ3) is 4.48. The Morgan fingerprint density at radius 1 is 1.35 bits per heavy atom. The van der Waals surface area contributed by atoms with E-state index in [4.69, 9.17) is 11.6 Å². The minimum absolute atomic E-state index is 0.0603. The molecule has 2 aromatic rings. The van der Waals surface area contributed by atoms with Gasteiger partial charge in [-0.25, -0.2) is 4.79 Å². The fourth-order valence-corrected chi connectivity index (χ4v) is 2.56. The van der Waals surface area contributed by atoms with Crippen LogP contribution in [0, 0.1) is 0 Å². The number of hydrogen-bond acceptors (Lipinski definition) is 2. The predicted octanol–water partition coefficient (Wildman–Crippen LogP) is 3.41. The molecular weight excluding hydrogens is 312 g/mol. The van der Waals surface area contributed by atoms with Crippen LogP contribution in [-0.2, 0) is 13.6 Å². The van der Waals surface area contributed by atoms with Crippen LogP contribution in [0.15, 0.2) is 36.7 Å². The molecule has 0 aliphatic carbocycles. The lowest BCUT2D eigenvalue weighted by Crippen LogP contribution is -2.44. The molecule has 0 bridgehead atoms. The number of nitrogens with one attached hydrogen (secondary N) is 1. The summed E-state index contributed by atoms with van der Waals surface area (Å²) < 4.78 is 1.72. The molecule has 1 aromatic carbocycles. The van der Waals surface area contributed by atoms with E-state index < -0.39 is 0 Å². The van der Waals surface area contributed by atoms with Crippen LogP contribution in [-0.4, -0.2) is 33.8 Å². The third-order valence-electron chi connectivity index (χ3n) is 4.25. The first kappa shape index (κ1) is 17.3. The van der Waals surface area contributed by atoms with Gasteiger partial charge in [0.25, 0.3) is 0 Å². The Kier molecular flexibility index (Phi) is 5.66. The van der Waals surface area contributed by atoms with Crippen LogP contribution in [0.3, 0.4) is 0 Å². The van der Waals surface area contributed by atoms with Crippen molar-refractivity contribution < 1.29 is 4.79 Å². The molecule has 0 saturated carbocycles. The molecule has 6 heteroatoms. The molecule has 1 N–H and O–H groups in total. The molecule has 2 amide bonds. The molecule has 0 aliphatic heterocycles. The second-order valence-corrected chi connectivity index (χ2v) is 6.31. The summed E-state index contributed by atoms with van der Waals surface area (Å²) in [6, 6.07) is 7.73. The number of nitrogens with zero attached hydrogens (tertiary/aromatic N) is 3. The minimum Gasteiger partial charge on any atom is -0.334 e. The molecule has 0 radical (unpaired) electrons. The molecule has 0 fully saturated rings. The summed E-state index contributed by atoms with van der Waals surface area (Å²) in [6.45, 7) is 4.63. The average Bonchev–Trinajstić information content (AvgIpc) is 2.96. The zero-order valence-electron chi connectivity index (χ0n) is 14.0. The number of aromatic nitrogens is 2. The number of hydrogen-bond donors (Lipinski definition) is 1. The van der Waals surface area contributed by atoms with E-state index in [1.54, 1.807) is 15.8 Å². The predicted molar refractivity (Wildman–Crippen MR) is 92.5 cm³/mol. The molecule has 0 aliphatic rings. The Morgan fingerprint density at radius 3 is 2.57 bits per heavy atom. The molecule has 2 atom stereocenters. The summed E-state index contributed by atoms with van der Waals surface area (Å²) in [6.07, 6.45) is 3.64. The maximum atomic E-state index is 12.3. The number of halogens is 1. The average molecular weight is 335 g/mol. The van der Waals surface area contributed by atoms with Gasteiger partial charge in [-0.05, 0) is 24.6 Å². The number of benzene rings is 1. The Hall–Kier alpha value is -2.01. The van der Waals surface area contributed by atoms with Gasteiger partial charge in [0.2, 0.25) is 0 Å². The summed E-state index contributed by atoms with van der Waals surface area (Å²) in [5.41, 5.74) is 2.14. The van der Waals surface area contributed by atoms with E-state index in [9.17, 15) is 4.79 Å². The van der Waals surface area contributed by atoms with Gasteiger partial charge in [-0.3, -0.25) is 4.68 Å². The number of rotatable bonds is 5. The molecule has 0 unspecified atom stereocenters. The van der Waals surface area contributed by atoms with E-state index in [0.717, 1.165) is 16.1 Å². The van der Waals surface area contributed by atoms with Crippen molar-refractivity contribution in [3.8, 4) is 0 Å². The van der Waals surface area contributed by atoms with E-state index in [2.05, 4.69) is 17.3 Å². The van der Waals surface area contributed by atoms with E-state index in [1.807, 2.05) is 51.5 Å². The molecule has 5 nitrogen and oxygen atoms in total. The Morgan fingerprint density at radius 2 is 2.00 bits per heavy atom. The first-order valence-electron chi connectivity index (χ1n) is 7.62. The van der Waals surface area contributed by atoms with E-state index in [1.165, 1.54) is 0 Å². The third-order valence-corrected chi connectivity index (χ3v) is 4.50. The van der Waals surface area contributed by atoms with Crippen molar-refractivity contribution >= 4 is 17.6 Å². The molecule has 0 spiro atoms. The monoisotopic (exact) mass is 334 g/mol. The van der Waals surface area contributed by atoms with Crippen LogP contribution in [0.5, 0.6) is 0 Å². The smallest absolute Gasteiger partial charge is 0.317 e. The maximum absolute atomic E-state index is 12.3. The van der Waals surface area contributed by atoms with Crippen LogP contribution in [0.25, 0.3) is 0 Å². The zero-order chi connectivity index (χ0) is 17.0. The standard InChI is InChI=1S/C17H23ClN4O/c1-12(15-5-7-16(18)8-6-15)13(2)22(4)17(23)19-9-14-10-20-21(3)11-14/h5-8,10-13H,9H2,1-4H3,(H,19,23)/t12-,13-/m1/s1. The minimum atomic E-state index is -0.0952. The van der Waals surface area contributed by atoms with Gasteiger partial charge in [-0.1, -0.05) is 30.7 Å². The van der Waals surface area contributed by atoms with Crippen LogP contribution in [0.4, 0.5) is 4.79 Å². The van der Waals surface area contributed by atoms with Crippen LogP contribution >= 0.6 is 11.6 Å². The summed E-state index contributed by atoms with van der Waals surface area (Å²) >= 11 is 5.93. The molecule has 1 heterocycles. The fourth-order valence-electron chi connectivity index (χ4n) is 2.43. The lowest BCUT2D eigenvalue weighted by Gasteiger charge is -2.30. The van der Waals surface area contributed by atoms with Crippen molar-refractivity contribution in [1.29, 1.82) is 0 Å². The Balaban J connectivity index is 1.93. The van der Waals surface area contributed by atoms with Gasteiger partial charge >= 0.3 is 6.03 Å². The Labute approximate surface area is 142 Å². The van der Waals surface area contributed by atoms with Crippen molar-refractivity contribution in [3.05, 3.63) is 52.8 Å². The largest absolute Gasteiger partial charge is 0.334 e. The van der Waals surface area contributed by atoms with Gasteiger partial charge in [0.05, 0.1) is 6.20 Å². The molecule has 124 valence electrons. The second kappa shape index (κ2) is 7.51. The van der Waals surface area contributed by atoms with Crippen LogP contribution in [0.2, 0.25) is 5.02 Å². The number of amides is 2. The topological polar surface area (TPSA) is 50.2 Å². The lowest BCUT2D eigenvalue weighted by atomic mass is 9.94. The van der Waals surface area contributed by atoms with Crippen molar-refractivity contribution in [2.45, 2.75) is 32.4 Å². The molecule has 0 saturated heterocycles. The highest BCUT2D eigenvalue weighted by Crippen LogP contribution is 2.23. The highest BCUT2D eigenvalue weighted by atomic mass is 35.5. The van der Waals surface area contributed by atoms with E-state index in [0.29, 0.717) is 6.54 Å². The molecule has 2 rings (SSSR count). The SMILES string of the molecule is C[C@H]([C@@H](C)c1ccc(Cl)cc1)N(C)C(=O)NCc1cnn(C)c1. The van der Waals surface area contributed by atoms with Gasteiger partial charge in [-0.2, -0.15) is 5.10 Å². The number of aryl methyl sites for hydroxylation is 1. The number of carbonyl (C=O) groups excluding carboxylic acids is 1. The van der Waals surface area contributed by atoms with E-state index >= 15 is 0 Å². The number of likely N-dealkylation sites (N-methyl/N-ethyl adjacent to an activating group) is 1. The highest BCUT2D eigenvalue weighted by Gasteiger charge is 2.22. The van der Waals surface area contributed by atoms with Gasteiger partial charge in [-0.15, -0.1) is 0 Å². The highest BCUT2D eigenvalue weighted by molar-refractivity contribution is 6.30. The fraction of sp³-hybridized carbons (Fsp3) is 0.412. The maximum Gasteiger partial charge on any atom is 0.317 e. The Bertz CT molecular complexity index is 653. The van der Waals surface area contributed by atoms with E-state index in [-0.39, 0.29) is 18.0 Å². The summed E-state index contributed by atoms with van der Waals surface area (Å²) in [5.74, 6) is 0.210.